The largest absolute Gasteiger partial charge is 0.272 e. The Bertz CT molecular complexity index is 347. The van der Waals surface area contributed by atoms with Gasteiger partial charge >= 0.3 is 0 Å². The van der Waals surface area contributed by atoms with Crippen LogP contribution in [0, 0.1) is 6.08 Å². The Labute approximate surface area is 142 Å². The van der Waals surface area contributed by atoms with Gasteiger partial charge in [0.05, 0.1) is 0 Å². The molecule has 0 nitrogen and oxygen atoms in total. The number of allylic oxidation sites excluding steroid dienone is 4. The predicted molar refractivity (Wildman–Crippen MR) is 76.3 cm³/mol. The maximum Gasteiger partial charge on any atom is 0.0174 e. The summed E-state index contributed by atoms with van der Waals surface area (Å²) in [5.74, 6) is 0. The summed E-state index contributed by atoms with van der Waals surface area (Å²) in [7, 11) is 0. The average molecular weight is 421 g/mol. The Kier molecular flexibility index (Phi) is 15.3. The van der Waals surface area contributed by atoms with Gasteiger partial charge in [0.1, 0.15) is 0 Å². The molecule has 0 atom stereocenters. The maximum absolute atomic E-state index is 3.41. The molecular formula is C11H11BrCl3Zr-. The normalized spacial score (nSPS) is 11.2. The van der Waals surface area contributed by atoms with Gasteiger partial charge in [0.25, 0.3) is 0 Å². The maximum atomic E-state index is 3.41. The van der Waals surface area contributed by atoms with E-state index in [9.17, 15) is 0 Å². The fourth-order valence-electron chi connectivity index (χ4n) is 1.24. The van der Waals surface area contributed by atoms with Gasteiger partial charge in [-0.15, -0.1) is 49.2 Å². The van der Waals surface area contributed by atoms with Crippen LogP contribution < -0.4 is 0 Å². The second-order valence-electron chi connectivity index (χ2n) is 2.72. The van der Waals surface area contributed by atoms with Crippen molar-refractivity contribution in [2.24, 2.45) is 0 Å². The SMILES string of the molecule is Brc1ccc(C2=CC[C-]=C2)cc1.Cl.Cl.Cl.[Zr]. The number of benzene rings is 1. The van der Waals surface area contributed by atoms with Crippen molar-refractivity contribution in [1.82, 2.24) is 0 Å². The molecule has 0 saturated carbocycles. The van der Waals surface area contributed by atoms with Crippen LogP contribution in [0.15, 0.2) is 40.9 Å². The number of halogens is 4. The Morgan fingerprint density at radius 3 is 2.00 bits per heavy atom. The van der Waals surface area contributed by atoms with Crippen LogP contribution in [0.1, 0.15) is 12.0 Å². The summed E-state index contributed by atoms with van der Waals surface area (Å²) in [6.45, 7) is 0. The Morgan fingerprint density at radius 2 is 1.56 bits per heavy atom. The zero-order chi connectivity index (χ0) is 8.39. The molecule has 0 radical (unpaired) electrons. The fourth-order valence-corrected chi connectivity index (χ4v) is 1.50. The molecule has 0 spiro atoms. The van der Waals surface area contributed by atoms with Gasteiger partial charge in [0.2, 0.25) is 0 Å². The summed E-state index contributed by atoms with van der Waals surface area (Å²) < 4.78 is 1.12. The zero-order valence-corrected chi connectivity index (χ0v) is 14.8. The first-order chi connectivity index (χ1) is 5.86. The van der Waals surface area contributed by atoms with Gasteiger partial charge in [0.15, 0.2) is 0 Å². The molecule has 16 heavy (non-hydrogen) atoms. The van der Waals surface area contributed by atoms with E-state index in [0.717, 1.165) is 10.9 Å². The third kappa shape index (κ3) is 6.03. The van der Waals surface area contributed by atoms with Crippen molar-refractivity contribution in [1.29, 1.82) is 0 Å². The standard InChI is InChI=1S/C11H8Br.3ClH.Zr/c12-11-7-5-10(6-8-11)9-3-1-2-4-9;;;;/h3-8H,1H2;3*1H;/q-1;;;;. The summed E-state index contributed by atoms with van der Waals surface area (Å²) in [5.41, 5.74) is 2.55. The summed E-state index contributed by atoms with van der Waals surface area (Å²) >= 11 is 3.41. The van der Waals surface area contributed by atoms with E-state index in [1.54, 1.807) is 0 Å². The third-order valence-corrected chi connectivity index (χ3v) is 2.40. The van der Waals surface area contributed by atoms with Crippen LogP contribution in [0.25, 0.3) is 5.57 Å². The van der Waals surface area contributed by atoms with E-state index < -0.39 is 0 Å². The molecule has 1 aromatic rings. The minimum Gasteiger partial charge on any atom is -0.272 e. The second-order valence-corrected chi connectivity index (χ2v) is 3.63. The van der Waals surface area contributed by atoms with Crippen molar-refractivity contribution in [2.45, 2.75) is 6.42 Å². The summed E-state index contributed by atoms with van der Waals surface area (Å²) in [4.78, 5) is 0. The van der Waals surface area contributed by atoms with Gasteiger partial charge in [0, 0.05) is 30.7 Å². The Hall–Kier alpha value is 0.933. The van der Waals surface area contributed by atoms with E-state index in [1.807, 2.05) is 6.08 Å². The molecule has 0 saturated heterocycles. The van der Waals surface area contributed by atoms with Crippen LogP contribution in [0.5, 0.6) is 0 Å². The molecule has 0 N–H and O–H groups in total. The molecule has 0 bridgehead atoms. The number of hydrogen-bond acceptors (Lipinski definition) is 0. The first-order valence-corrected chi connectivity index (χ1v) is 4.68. The van der Waals surface area contributed by atoms with E-state index in [4.69, 9.17) is 0 Å². The summed E-state index contributed by atoms with van der Waals surface area (Å²) in [5, 5.41) is 0. The van der Waals surface area contributed by atoms with Gasteiger partial charge in [-0.1, -0.05) is 28.1 Å². The van der Waals surface area contributed by atoms with Crippen LogP contribution in [-0.4, -0.2) is 0 Å². The molecule has 1 aromatic carbocycles. The van der Waals surface area contributed by atoms with Gasteiger partial charge in [-0.25, -0.2) is 6.08 Å². The number of hydrogen-bond donors (Lipinski definition) is 0. The molecule has 0 aliphatic heterocycles. The molecule has 0 fully saturated rings. The van der Waals surface area contributed by atoms with Gasteiger partial charge < -0.3 is 0 Å². The molecule has 0 unspecified atom stereocenters. The van der Waals surface area contributed by atoms with Crippen LogP contribution in [0.4, 0.5) is 0 Å². The van der Waals surface area contributed by atoms with Gasteiger partial charge in [-0.05, 0) is 12.1 Å². The summed E-state index contributed by atoms with van der Waals surface area (Å²) in [6, 6.07) is 8.34. The second kappa shape index (κ2) is 11.0. The average Bonchev–Trinajstić information content (AvgIpc) is 2.58. The first-order valence-electron chi connectivity index (χ1n) is 3.89. The fraction of sp³-hybridized carbons (Fsp3) is 0.0909. The van der Waals surface area contributed by atoms with Crippen molar-refractivity contribution in [2.75, 3.05) is 0 Å². The van der Waals surface area contributed by atoms with Crippen LogP contribution in [-0.2, 0) is 26.2 Å². The Morgan fingerprint density at radius 1 is 1.00 bits per heavy atom. The van der Waals surface area contributed by atoms with Crippen LogP contribution >= 0.6 is 53.2 Å². The molecule has 1 aliphatic rings. The molecule has 1 aliphatic carbocycles. The first kappa shape index (κ1) is 22.1. The van der Waals surface area contributed by atoms with Crippen LogP contribution in [0.3, 0.4) is 0 Å². The van der Waals surface area contributed by atoms with Gasteiger partial charge in [-0.3, -0.25) is 6.08 Å². The molecule has 0 aromatic heterocycles. The van der Waals surface area contributed by atoms with Crippen molar-refractivity contribution in [3.8, 4) is 0 Å². The van der Waals surface area contributed by atoms with Crippen molar-refractivity contribution in [3.05, 3.63) is 52.5 Å². The zero-order valence-electron chi connectivity index (χ0n) is 8.27. The summed E-state index contributed by atoms with van der Waals surface area (Å²) in [6.07, 6.45) is 8.33. The van der Waals surface area contributed by atoms with E-state index in [2.05, 4.69) is 52.3 Å². The molecule has 2 rings (SSSR count). The quantitative estimate of drug-likeness (QED) is 0.569. The van der Waals surface area contributed by atoms with E-state index in [0.29, 0.717) is 0 Å². The molecular weight excluding hydrogens is 410 g/mol. The minimum atomic E-state index is 0. The third-order valence-electron chi connectivity index (χ3n) is 1.87. The van der Waals surface area contributed by atoms with E-state index in [-0.39, 0.29) is 63.4 Å². The molecule has 5 heteroatoms. The molecule has 0 heterocycles. The van der Waals surface area contributed by atoms with Crippen molar-refractivity contribution < 1.29 is 26.2 Å². The predicted octanol–water partition coefficient (Wildman–Crippen LogP) is 4.86. The van der Waals surface area contributed by atoms with E-state index in [1.165, 1.54) is 11.1 Å². The van der Waals surface area contributed by atoms with Gasteiger partial charge in [-0.2, -0.15) is 11.6 Å². The topological polar surface area (TPSA) is 0 Å². The van der Waals surface area contributed by atoms with Crippen LogP contribution in [0.2, 0.25) is 0 Å². The monoisotopic (exact) mass is 417 g/mol. The van der Waals surface area contributed by atoms with Crippen molar-refractivity contribution >= 4 is 58.7 Å². The Balaban J connectivity index is -0.000000422. The van der Waals surface area contributed by atoms with E-state index >= 15 is 0 Å². The minimum absolute atomic E-state index is 0. The number of rotatable bonds is 1. The molecule has 88 valence electrons. The van der Waals surface area contributed by atoms with Crippen molar-refractivity contribution in [3.63, 3.8) is 0 Å². The smallest absolute Gasteiger partial charge is 0.0174 e. The molecule has 0 amide bonds.